The van der Waals surface area contributed by atoms with Crippen molar-refractivity contribution in [2.24, 2.45) is 5.73 Å². The summed E-state index contributed by atoms with van der Waals surface area (Å²) in [6.07, 6.45) is 0.0170. The van der Waals surface area contributed by atoms with Gasteiger partial charge in [-0.25, -0.2) is 9.37 Å². The van der Waals surface area contributed by atoms with Gasteiger partial charge in [-0.1, -0.05) is 41.9 Å². The highest BCUT2D eigenvalue weighted by Crippen LogP contribution is 2.25. The normalized spacial score (nSPS) is 9.86. The molecule has 8 heteroatoms. The van der Waals surface area contributed by atoms with Crippen molar-refractivity contribution >= 4 is 29.2 Å². The minimum absolute atomic E-state index is 0.0170. The molecule has 29 heavy (non-hydrogen) atoms. The average molecular weight is 415 g/mol. The molecule has 0 atom stereocenters. The highest BCUT2D eigenvalue weighted by molar-refractivity contribution is 6.30. The highest BCUT2D eigenvalue weighted by atomic mass is 35.5. The van der Waals surface area contributed by atoms with Crippen molar-refractivity contribution in [2.45, 2.75) is 6.42 Å². The van der Waals surface area contributed by atoms with Crippen LogP contribution in [0.5, 0.6) is 0 Å². The number of nitrogens with one attached hydrogen (secondary N) is 1. The molecule has 0 aliphatic heterocycles. The summed E-state index contributed by atoms with van der Waals surface area (Å²) in [6, 6.07) is 18.3. The van der Waals surface area contributed by atoms with Gasteiger partial charge in [0.2, 0.25) is 5.91 Å². The van der Waals surface area contributed by atoms with Gasteiger partial charge >= 0.3 is 0 Å². The number of carbonyl (C=O) groups excluding carboxylic acids is 2. The Kier molecular flexibility index (Phi) is 8.12. The summed E-state index contributed by atoms with van der Waals surface area (Å²) >= 11 is 5.54. The van der Waals surface area contributed by atoms with E-state index >= 15 is 0 Å². The first-order valence-corrected chi connectivity index (χ1v) is 9.04. The first-order valence-electron chi connectivity index (χ1n) is 8.67. The summed E-state index contributed by atoms with van der Waals surface area (Å²) in [5, 5.41) is 3.33. The summed E-state index contributed by atoms with van der Waals surface area (Å²) in [7, 11) is 0. The molecule has 0 fully saturated rings. The summed E-state index contributed by atoms with van der Waals surface area (Å²) in [5.41, 5.74) is 11.1. The zero-order valence-corrected chi connectivity index (χ0v) is 16.2. The molecular formula is C21H20ClFN4O2. The van der Waals surface area contributed by atoms with Crippen LogP contribution in [0.3, 0.4) is 0 Å². The molecule has 1 aromatic heterocycles. The van der Waals surface area contributed by atoms with Crippen molar-refractivity contribution in [3.8, 4) is 11.3 Å². The summed E-state index contributed by atoms with van der Waals surface area (Å²) < 4.78 is 13.9. The maximum absolute atomic E-state index is 13.9. The van der Waals surface area contributed by atoms with Crippen LogP contribution in [0.25, 0.3) is 11.3 Å². The Labute approximate surface area is 172 Å². The van der Waals surface area contributed by atoms with E-state index in [0.717, 1.165) is 5.02 Å². The van der Waals surface area contributed by atoms with Gasteiger partial charge in [0.05, 0.1) is 11.3 Å². The van der Waals surface area contributed by atoms with Crippen molar-refractivity contribution in [1.82, 2.24) is 10.3 Å². The zero-order chi connectivity index (χ0) is 21.2. The fourth-order valence-electron chi connectivity index (χ4n) is 2.33. The maximum Gasteiger partial charge on any atom is 0.253 e. The van der Waals surface area contributed by atoms with Crippen LogP contribution in [0, 0.1) is 5.82 Å². The van der Waals surface area contributed by atoms with Gasteiger partial charge in [-0.15, -0.1) is 0 Å². The molecule has 3 aromatic rings. The smallest absolute Gasteiger partial charge is 0.253 e. The van der Waals surface area contributed by atoms with Crippen LogP contribution in [0.15, 0.2) is 66.7 Å². The van der Waals surface area contributed by atoms with E-state index in [9.17, 15) is 14.0 Å². The minimum Gasteiger partial charge on any atom is -0.384 e. The molecule has 0 aliphatic carbocycles. The van der Waals surface area contributed by atoms with Crippen LogP contribution in [0.2, 0.25) is 5.02 Å². The van der Waals surface area contributed by atoms with Crippen molar-refractivity contribution in [2.75, 3.05) is 12.3 Å². The number of rotatable bonds is 5. The lowest BCUT2D eigenvalue weighted by Gasteiger charge is -2.10. The van der Waals surface area contributed by atoms with Crippen molar-refractivity contribution in [3.05, 3.63) is 83.1 Å². The number of amides is 2. The second-order valence-corrected chi connectivity index (χ2v) is 6.32. The molecule has 0 unspecified atom stereocenters. The van der Waals surface area contributed by atoms with Gasteiger partial charge in [-0.3, -0.25) is 9.59 Å². The number of nitrogen functional groups attached to an aromatic ring is 1. The predicted molar refractivity (Wildman–Crippen MR) is 112 cm³/mol. The molecule has 1 heterocycles. The number of hydrogen-bond acceptors (Lipinski definition) is 4. The fourth-order valence-corrected chi connectivity index (χ4v) is 2.47. The number of aromatic nitrogens is 1. The van der Waals surface area contributed by atoms with E-state index in [1.54, 1.807) is 6.07 Å². The van der Waals surface area contributed by atoms with E-state index in [0.29, 0.717) is 0 Å². The highest BCUT2D eigenvalue weighted by Gasteiger charge is 2.17. The fraction of sp³-hybridized carbons (Fsp3) is 0.0952. The van der Waals surface area contributed by atoms with Crippen LogP contribution < -0.4 is 16.8 Å². The molecule has 0 saturated heterocycles. The summed E-state index contributed by atoms with van der Waals surface area (Å²) in [4.78, 5) is 26.9. The van der Waals surface area contributed by atoms with E-state index < -0.39 is 17.6 Å². The minimum atomic E-state index is -0.523. The SMILES string of the molecule is Clc1ccccc1.NC(=O)CCNC(=O)c1ccc(N)nc1-c1ccccc1F. The Morgan fingerprint density at radius 2 is 1.66 bits per heavy atom. The molecule has 2 amide bonds. The topological polar surface area (TPSA) is 111 Å². The summed E-state index contributed by atoms with van der Waals surface area (Å²) in [5.74, 6) is -1.34. The number of anilines is 1. The lowest BCUT2D eigenvalue weighted by molar-refractivity contribution is -0.117. The van der Waals surface area contributed by atoms with Crippen LogP contribution in [-0.4, -0.2) is 23.3 Å². The van der Waals surface area contributed by atoms with E-state index in [1.807, 2.05) is 30.3 Å². The van der Waals surface area contributed by atoms with E-state index in [2.05, 4.69) is 10.3 Å². The zero-order valence-electron chi connectivity index (χ0n) is 15.4. The number of nitrogens with zero attached hydrogens (tertiary/aromatic N) is 1. The third-order valence-electron chi connectivity index (χ3n) is 3.68. The lowest BCUT2D eigenvalue weighted by Crippen LogP contribution is -2.28. The molecular weight excluding hydrogens is 395 g/mol. The third kappa shape index (κ3) is 6.90. The van der Waals surface area contributed by atoms with Gasteiger partial charge in [0.15, 0.2) is 0 Å². The van der Waals surface area contributed by atoms with Crippen molar-refractivity contribution in [3.63, 3.8) is 0 Å². The molecule has 0 spiro atoms. The average Bonchev–Trinajstić information content (AvgIpc) is 2.69. The second kappa shape index (κ2) is 10.8. The number of hydrogen-bond donors (Lipinski definition) is 3. The Balaban J connectivity index is 0.000000360. The van der Waals surface area contributed by atoms with Crippen LogP contribution in [-0.2, 0) is 4.79 Å². The molecule has 3 rings (SSSR count). The largest absolute Gasteiger partial charge is 0.384 e. The number of benzene rings is 2. The molecule has 2 aromatic carbocycles. The first kappa shape index (κ1) is 21.8. The van der Waals surface area contributed by atoms with Crippen LogP contribution >= 0.6 is 11.6 Å². The van der Waals surface area contributed by atoms with E-state index in [-0.39, 0.29) is 35.6 Å². The Morgan fingerprint density at radius 3 is 2.24 bits per heavy atom. The van der Waals surface area contributed by atoms with Crippen molar-refractivity contribution in [1.29, 1.82) is 0 Å². The standard InChI is InChI=1S/C15H15FN4O2.C6H5Cl/c16-11-4-2-1-3-9(11)14-10(5-6-12(17)20-14)15(22)19-8-7-13(18)21;7-6-4-2-1-3-5-6/h1-6H,7-8H2,(H2,17,20)(H2,18,21)(H,19,22);1-5H. The first-order chi connectivity index (χ1) is 13.9. The van der Waals surface area contributed by atoms with Gasteiger partial charge in [0, 0.05) is 23.6 Å². The number of pyridine rings is 1. The van der Waals surface area contributed by atoms with Gasteiger partial charge < -0.3 is 16.8 Å². The Morgan fingerprint density at radius 1 is 1.00 bits per heavy atom. The van der Waals surface area contributed by atoms with Crippen molar-refractivity contribution < 1.29 is 14.0 Å². The quantitative estimate of drug-likeness (QED) is 0.593. The number of primary amides is 1. The number of nitrogens with two attached hydrogens (primary N) is 2. The van der Waals surface area contributed by atoms with E-state index in [1.165, 1.54) is 30.3 Å². The monoisotopic (exact) mass is 414 g/mol. The molecule has 0 bridgehead atoms. The summed E-state index contributed by atoms with van der Waals surface area (Å²) in [6.45, 7) is 0.0925. The van der Waals surface area contributed by atoms with Crippen LogP contribution in [0.4, 0.5) is 10.2 Å². The van der Waals surface area contributed by atoms with Gasteiger partial charge in [0.25, 0.3) is 5.91 Å². The molecule has 5 N–H and O–H groups in total. The maximum atomic E-state index is 13.9. The molecule has 0 aliphatic rings. The van der Waals surface area contributed by atoms with Gasteiger partial charge in [-0.05, 0) is 36.4 Å². The lowest BCUT2D eigenvalue weighted by atomic mass is 10.0. The second-order valence-electron chi connectivity index (χ2n) is 5.88. The van der Waals surface area contributed by atoms with E-state index in [4.69, 9.17) is 23.1 Å². The van der Waals surface area contributed by atoms with Crippen LogP contribution in [0.1, 0.15) is 16.8 Å². The predicted octanol–water partition coefficient (Wildman–Crippen LogP) is 3.42. The molecule has 150 valence electrons. The molecule has 6 nitrogen and oxygen atoms in total. The third-order valence-corrected chi connectivity index (χ3v) is 3.93. The Hall–Kier alpha value is -3.45. The van der Waals surface area contributed by atoms with Gasteiger partial charge in [-0.2, -0.15) is 0 Å². The number of halogens is 2. The Bertz CT molecular complexity index is 983. The number of carbonyl (C=O) groups is 2. The van der Waals surface area contributed by atoms with Gasteiger partial charge in [0.1, 0.15) is 11.6 Å². The molecule has 0 saturated carbocycles. The molecule has 0 radical (unpaired) electrons.